The molecular formula is C7H14BrNO2. The van der Waals surface area contributed by atoms with E-state index in [0.29, 0.717) is 6.42 Å². The molecule has 0 aliphatic rings. The Morgan fingerprint density at radius 1 is 1.45 bits per heavy atom. The van der Waals surface area contributed by atoms with Crippen LogP contribution in [0.1, 0.15) is 34.1 Å². The average molecular weight is 224 g/mol. The summed E-state index contributed by atoms with van der Waals surface area (Å²) in [5.41, 5.74) is -0.356. The summed E-state index contributed by atoms with van der Waals surface area (Å²) in [7, 11) is 0. The maximum atomic E-state index is 10.7. The van der Waals surface area contributed by atoms with Crippen molar-refractivity contribution in [3.05, 3.63) is 10.1 Å². The lowest BCUT2D eigenvalue weighted by Gasteiger charge is -2.30. The summed E-state index contributed by atoms with van der Waals surface area (Å²) in [5.74, 6) is 0. The first-order chi connectivity index (χ1) is 4.75. The maximum Gasteiger partial charge on any atom is 0.279 e. The van der Waals surface area contributed by atoms with Crippen LogP contribution in [0.4, 0.5) is 0 Å². The van der Waals surface area contributed by atoms with Gasteiger partial charge in [-0.3, -0.25) is 10.1 Å². The Morgan fingerprint density at radius 3 is 1.82 bits per heavy atom. The highest BCUT2D eigenvalue weighted by atomic mass is 79.9. The van der Waals surface area contributed by atoms with Crippen LogP contribution in [0.15, 0.2) is 0 Å². The lowest BCUT2D eigenvalue weighted by molar-refractivity contribution is -0.553. The molecule has 1 unspecified atom stereocenters. The quantitative estimate of drug-likeness (QED) is 0.313. The molecule has 4 heteroatoms. The van der Waals surface area contributed by atoms with E-state index in [4.69, 9.17) is 0 Å². The van der Waals surface area contributed by atoms with Crippen LogP contribution in [0.5, 0.6) is 0 Å². The van der Waals surface area contributed by atoms with Gasteiger partial charge in [-0.25, -0.2) is 0 Å². The Kier molecular flexibility index (Phi) is 3.06. The fraction of sp³-hybridized carbons (Fsp3) is 1.00. The van der Waals surface area contributed by atoms with Gasteiger partial charge in [0.1, 0.15) is 0 Å². The van der Waals surface area contributed by atoms with Gasteiger partial charge in [-0.05, 0) is 0 Å². The minimum atomic E-state index is -0.986. The van der Waals surface area contributed by atoms with Crippen LogP contribution in [0.3, 0.4) is 0 Å². The van der Waals surface area contributed by atoms with Crippen LogP contribution in [-0.4, -0.2) is 9.37 Å². The fourth-order valence-electron chi connectivity index (χ4n) is 0.933. The predicted molar refractivity (Wildman–Crippen MR) is 48.4 cm³/mol. The van der Waals surface area contributed by atoms with Crippen LogP contribution in [0.25, 0.3) is 0 Å². The molecule has 66 valence electrons. The molecule has 0 fully saturated rings. The van der Waals surface area contributed by atoms with Gasteiger partial charge in [0, 0.05) is 32.7 Å². The van der Waals surface area contributed by atoms with Gasteiger partial charge < -0.3 is 0 Å². The second-order valence-corrected chi connectivity index (χ2v) is 4.93. The molecule has 11 heavy (non-hydrogen) atoms. The lowest BCUT2D eigenvalue weighted by Crippen LogP contribution is -2.43. The van der Waals surface area contributed by atoms with Crippen molar-refractivity contribution in [3.63, 3.8) is 0 Å². The third-order valence-corrected chi connectivity index (χ3v) is 3.95. The molecule has 0 bridgehead atoms. The molecule has 0 aromatic heterocycles. The van der Waals surface area contributed by atoms with E-state index in [2.05, 4.69) is 15.9 Å². The van der Waals surface area contributed by atoms with Gasteiger partial charge in [-0.1, -0.05) is 27.7 Å². The van der Waals surface area contributed by atoms with E-state index in [1.165, 1.54) is 0 Å². The SMILES string of the molecule is CCC(Br)([N+](=O)[O-])C(C)(C)C. The van der Waals surface area contributed by atoms with E-state index in [0.717, 1.165) is 0 Å². The molecule has 0 radical (unpaired) electrons. The molecular weight excluding hydrogens is 210 g/mol. The van der Waals surface area contributed by atoms with Crippen molar-refractivity contribution in [2.45, 2.75) is 38.6 Å². The zero-order valence-electron chi connectivity index (χ0n) is 7.35. The highest BCUT2D eigenvalue weighted by Gasteiger charge is 2.49. The average Bonchev–Trinajstić information content (AvgIpc) is 1.83. The van der Waals surface area contributed by atoms with Gasteiger partial charge in [0.25, 0.3) is 4.45 Å². The van der Waals surface area contributed by atoms with Gasteiger partial charge in [0.05, 0.1) is 0 Å². The first-order valence-corrected chi connectivity index (χ1v) is 4.38. The van der Waals surface area contributed by atoms with Crippen LogP contribution < -0.4 is 0 Å². The summed E-state index contributed by atoms with van der Waals surface area (Å²) in [6.07, 6.45) is 0.490. The van der Waals surface area contributed by atoms with Crippen molar-refractivity contribution in [1.29, 1.82) is 0 Å². The second kappa shape index (κ2) is 3.09. The molecule has 0 aliphatic heterocycles. The van der Waals surface area contributed by atoms with Gasteiger partial charge in [-0.15, -0.1) is 0 Å². The van der Waals surface area contributed by atoms with E-state index in [9.17, 15) is 10.1 Å². The molecule has 0 N–H and O–H groups in total. The van der Waals surface area contributed by atoms with Crippen molar-refractivity contribution in [1.82, 2.24) is 0 Å². The van der Waals surface area contributed by atoms with Crippen LogP contribution in [0, 0.1) is 15.5 Å². The van der Waals surface area contributed by atoms with Crippen molar-refractivity contribution in [2.75, 3.05) is 0 Å². The van der Waals surface area contributed by atoms with Crippen LogP contribution >= 0.6 is 15.9 Å². The summed E-state index contributed by atoms with van der Waals surface area (Å²) >= 11 is 3.17. The molecule has 0 saturated carbocycles. The zero-order valence-corrected chi connectivity index (χ0v) is 8.93. The van der Waals surface area contributed by atoms with Gasteiger partial charge in [0.2, 0.25) is 0 Å². The molecule has 3 nitrogen and oxygen atoms in total. The smallest absolute Gasteiger partial charge is 0.263 e. The third-order valence-electron chi connectivity index (χ3n) is 1.91. The Bertz CT molecular complexity index is 164. The summed E-state index contributed by atoms with van der Waals surface area (Å²) < 4.78 is -0.986. The highest BCUT2D eigenvalue weighted by molar-refractivity contribution is 9.10. The molecule has 0 amide bonds. The monoisotopic (exact) mass is 223 g/mol. The van der Waals surface area contributed by atoms with Gasteiger partial charge >= 0.3 is 0 Å². The number of nitrogens with zero attached hydrogens (tertiary/aromatic N) is 1. The number of rotatable bonds is 2. The highest BCUT2D eigenvalue weighted by Crippen LogP contribution is 2.40. The van der Waals surface area contributed by atoms with E-state index in [1.54, 1.807) is 0 Å². The summed E-state index contributed by atoms with van der Waals surface area (Å²) in [6, 6.07) is 0. The normalized spacial score (nSPS) is 17.5. The minimum Gasteiger partial charge on any atom is -0.263 e. The molecule has 1 atom stereocenters. The molecule has 0 aliphatic carbocycles. The Hall–Kier alpha value is -0.120. The maximum absolute atomic E-state index is 10.7. The zero-order chi connectivity index (χ0) is 9.28. The topological polar surface area (TPSA) is 43.1 Å². The van der Waals surface area contributed by atoms with Crippen molar-refractivity contribution < 1.29 is 4.92 Å². The summed E-state index contributed by atoms with van der Waals surface area (Å²) in [6.45, 7) is 7.37. The van der Waals surface area contributed by atoms with E-state index in [1.807, 2.05) is 27.7 Å². The molecule has 0 rings (SSSR count). The Labute approximate surface area is 75.4 Å². The lowest BCUT2D eigenvalue weighted by atomic mass is 9.85. The molecule has 0 aromatic carbocycles. The fourth-order valence-corrected chi connectivity index (χ4v) is 0.933. The molecule has 0 spiro atoms. The summed E-state index contributed by atoms with van der Waals surface area (Å²) in [4.78, 5) is 10.4. The van der Waals surface area contributed by atoms with E-state index < -0.39 is 4.45 Å². The van der Waals surface area contributed by atoms with Gasteiger partial charge in [0.15, 0.2) is 0 Å². The van der Waals surface area contributed by atoms with E-state index in [-0.39, 0.29) is 10.3 Å². The number of hydrogen-bond acceptors (Lipinski definition) is 2. The first kappa shape index (κ1) is 10.9. The second-order valence-electron chi connectivity index (χ2n) is 3.62. The van der Waals surface area contributed by atoms with Crippen molar-refractivity contribution in [3.8, 4) is 0 Å². The van der Waals surface area contributed by atoms with E-state index >= 15 is 0 Å². The van der Waals surface area contributed by atoms with Gasteiger partial charge in [-0.2, -0.15) is 0 Å². The minimum absolute atomic E-state index is 0.257. The molecule has 0 aromatic rings. The summed E-state index contributed by atoms with van der Waals surface area (Å²) in [5, 5.41) is 10.7. The Balaban J connectivity index is 4.75. The Morgan fingerprint density at radius 2 is 1.82 bits per heavy atom. The molecule has 0 saturated heterocycles. The first-order valence-electron chi connectivity index (χ1n) is 3.59. The van der Waals surface area contributed by atoms with Crippen LogP contribution in [-0.2, 0) is 0 Å². The third kappa shape index (κ3) is 1.92. The number of nitro groups is 1. The van der Waals surface area contributed by atoms with Crippen molar-refractivity contribution >= 4 is 15.9 Å². The molecule has 0 heterocycles. The largest absolute Gasteiger partial charge is 0.279 e. The number of alkyl halides is 1. The van der Waals surface area contributed by atoms with Crippen molar-refractivity contribution in [2.24, 2.45) is 5.41 Å². The predicted octanol–water partition coefficient (Wildman–Crippen LogP) is 2.81. The van der Waals surface area contributed by atoms with Crippen LogP contribution in [0.2, 0.25) is 0 Å². The standard InChI is InChI=1S/C7H14BrNO2/c1-5-7(8,9(10)11)6(2,3)4/h5H2,1-4H3. The number of halogens is 1. The number of hydrogen-bond donors (Lipinski definition) is 0.